The minimum absolute atomic E-state index is 0.329. The molecule has 1 aliphatic rings. The lowest BCUT2D eigenvalue weighted by Gasteiger charge is -1.99. The molecule has 0 aliphatic carbocycles. The van der Waals surface area contributed by atoms with E-state index in [0.29, 0.717) is 13.0 Å². The van der Waals surface area contributed by atoms with Crippen molar-refractivity contribution in [1.82, 2.24) is 5.32 Å². The number of carboxylic acids is 1. The molecule has 1 heterocycles. The molecule has 1 aliphatic heterocycles. The SMILES string of the molecule is O=C(O)[C@H]1C[C@H](O)CN1. The first-order chi connectivity index (χ1) is 4.20. The van der Waals surface area contributed by atoms with Crippen LogP contribution in [-0.4, -0.2) is 34.9 Å². The van der Waals surface area contributed by atoms with Crippen molar-refractivity contribution in [2.75, 3.05) is 6.54 Å². The fourth-order valence-corrected chi connectivity index (χ4v) is 0.905. The second-order valence-electron chi connectivity index (χ2n) is 2.19. The number of aliphatic carboxylic acids is 1. The van der Waals surface area contributed by atoms with Crippen molar-refractivity contribution in [1.29, 1.82) is 0 Å². The number of carboxylic acid groups (broad SMARTS) is 1. The monoisotopic (exact) mass is 131 g/mol. The lowest BCUT2D eigenvalue weighted by molar-refractivity contribution is -0.139. The molecular weight excluding hydrogens is 122 g/mol. The zero-order valence-corrected chi connectivity index (χ0v) is 4.87. The fraction of sp³-hybridized carbons (Fsp3) is 0.800. The number of rotatable bonds is 1. The van der Waals surface area contributed by atoms with Crippen LogP contribution < -0.4 is 5.32 Å². The highest BCUT2D eigenvalue weighted by molar-refractivity contribution is 5.73. The molecule has 9 heavy (non-hydrogen) atoms. The van der Waals surface area contributed by atoms with Gasteiger partial charge in [-0.15, -0.1) is 0 Å². The van der Waals surface area contributed by atoms with Gasteiger partial charge in [0.1, 0.15) is 6.04 Å². The molecule has 3 N–H and O–H groups in total. The van der Waals surface area contributed by atoms with Crippen LogP contribution in [0, 0.1) is 0 Å². The first-order valence-corrected chi connectivity index (χ1v) is 2.84. The lowest BCUT2D eigenvalue weighted by Crippen LogP contribution is -2.29. The van der Waals surface area contributed by atoms with Crippen LogP contribution in [0.1, 0.15) is 6.42 Å². The van der Waals surface area contributed by atoms with E-state index in [9.17, 15) is 4.79 Å². The predicted octanol–water partition coefficient (Wildman–Crippen LogP) is -1.21. The van der Waals surface area contributed by atoms with Crippen molar-refractivity contribution in [3.63, 3.8) is 0 Å². The van der Waals surface area contributed by atoms with E-state index in [0.717, 1.165) is 0 Å². The van der Waals surface area contributed by atoms with Gasteiger partial charge < -0.3 is 15.5 Å². The van der Waals surface area contributed by atoms with Crippen molar-refractivity contribution in [3.05, 3.63) is 0 Å². The Hall–Kier alpha value is -0.610. The molecule has 1 saturated heterocycles. The third kappa shape index (κ3) is 1.40. The maximum Gasteiger partial charge on any atom is 0.320 e. The van der Waals surface area contributed by atoms with Gasteiger partial charge in [-0.2, -0.15) is 0 Å². The van der Waals surface area contributed by atoms with Crippen LogP contribution in [0.3, 0.4) is 0 Å². The van der Waals surface area contributed by atoms with Crippen LogP contribution in [0.2, 0.25) is 0 Å². The Balaban J connectivity index is 2.39. The Bertz CT molecular complexity index is 125. The standard InChI is InChI=1S/C5H9NO3/c7-3-1-4(5(8)9)6-2-3/h3-4,6-7H,1-2H2,(H,8,9)/t3-,4+/m0/s1. The molecule has 2 atom stereocenters. The number of hydrogen-bond donors (Lipinski definition) is 3. The summed E-state index contributed by atoms with van der Waals surface area (Å²) in [6, 6.07) is -0.542. The minimum Gasteiger partial charge on any atom is -0.480 e. The van der Waals surface area contributed by atoms with Gasteiger partial charge in [0.05, 0.1) is 6.10 Å². The highest BCUT2D eigenvalue weighted by atomic mass is 16.4. The summed E-state index contributed by atoms with van der Waals surface area (Å²) >= 11 is 0. The predicted molar refractivity (Wildman–Crippen MR) is 30.1 cm³/mol. The van der Waals surface area contributed by atoms with Gasteiger partial charge in [0.15, 0.2) is 0 Å². The topological polar surface area (TPSA) is 69.6 Å². The number of carbonyl (C=O) groups is 1. The zero-order valence-electron chi connectivity index (χ0n) is 4.87. The summed E-state index contributed by atoms with van der Waals surface area (Å²) in [5.41, 5.74) is 0. The van der Waals surface area contributed by atoms with Gasteiger partial charge in [-0.25, -0.2) is 0 Å². The van der Waals surface area contributed by atoms with Gasteiger partial charge in [-0.3, -0.25) is 4.79 Å². The van der Waals surface area contributed by atoms with Gasteiger partial charge >= 0.3 is 5.97 Å². The fourth-order valence-electron chi connectivity index (χ4n) is 0.905. The van der Waals surface area contributed by atoms with Crippen LogP contribution in [0.4, 0.5) is 0 Å². The van der Waals surface area contributed by atoms with E-state index >= 15 is 0 Å². The lowest BCUT2D eigenvalue weighted by atomic mass is 10.2. The number of β-amino-alcohol motifs (C(OH)–C–C–N with tert-alkyl or cyclic N) is 1. The third-order valence-corrected chi connectivity index (χ3v) is 1.41. The smallest absolute Gasteiger partial charge is 0.320 e. The number of hydrogen-bond acceptors (Lipinski definition) is 3. The largest absolute Gasteiger partial charge is 0.480 e. The number of aliphatic hydroxyl groups excluding tert-OH is 1. The van der Waals surface area contributed by atoms with E-state index in [1.54, 1.807) is 0 Å². The first kappa shape index (κ1) is 6.51. The van der Waals surface area contributed by atoms with Gasteiger partial charge in [-0.1, -0.05) is 0 Å². The van der Waals surface area contributed by atoms with E-state index < -0.39 is 18.1 Å². The second-order valence-corrected chi connectivity index (χ2v) is 2.19. The molecular formula is C5H9NO3. The van der Waals surface area contributed by atoms with Crippen LogP contribution in [0.5, 0.6) is 0 Å². The van der Waals surface area contributed by atoms with Crippen LogP contribution in [0.15, 0.2) is 0 Å². The normalized spacial score (nSPS) is 34.8. The molecule has 1 fully saturated rings. The molecule has 1 rings (SSSR count). The molecule has 0 unspecified atom stereocenters. The Morgan fingerprint density at radius 1 is 1.67 bits per heavy atom. The molecule has 0 radical (unpaired) electrons. The van der Waals surface area contributed by atoms with Gasteiger partial charge in [0.25, 0.3) is 0 Å². The van der Waals surface area contributed by atoms with E-state index in [1.807, 2.05) is 0 Å². The van der Waals surface area contributed by atoms with Gasteiger partial charge in [0.2, 0.25) is 0 Å². The third-order valence-electron chi connectivity index (χ3n) is 1.41. The molecule has 0 aromatic heterocycles. The molecule has 0 amide bonds. The van der Waals surface area contributed by atoms with Crippen molar-refractivity contribution < 1.29 is 15.0 Å². The summed E-state index contributed by atoms with van der Waals surface area (Å²) in [6.45, 7) is 0.400. The highest BCUT2D eigenvalue weighted by Crippen LogP contribution is 2.05. The maximum atomic E-state index is 10.2. The van der Waals surface area contributed by atoms with E-state index in [2.05, 4.69) is 5.32 Å². The summed E-state index contributed by atoms with van der Waals surface area (Å²) in [6.07, 6.45) is -0.152. The Kier molecular flexibility index (Phi) is 1.68. The van der Waals surface area contributed by atoms with Crippen molar-refractivity contribution in [3.8, 4) is 0 Å². The Morgan fingerprint density at radius 2 is 2.33 bits per heavy atom. The Morgan fingerprint density at radius 3 is 2.56 bits per heavy atom. The van der Waals surface area contributed by atoms with E-state index in [4.69, 9.17) is 10.2 Å². The number of nitrogens with one attached hydrogen (secondary N) is 1. The summed E-state index contributed by atoms with van der Waals surface area (Å²) in [7, 11) is 0. The summed E-state index contributed by atoms with van der Waals surface area (Å²) in [4.78, 5) is 10.2. The van der Waals surface area contributed by atoms with Crippen molar-refractivity contribution in [2.24, 2.45) is 0 Å². The molecule has 0 spiro atoms. The molecule has 0 aromatic rings. The average molecular weight is 131 g/mol. The van der Waals surface area contributed by atoms with Crippen LogP contribution in [-0.2, 0) is 4.79 Å². The maximum absolute atomic E-state index is 10.2. The van der Waals surface area contributed by atoms with Gasteiger partial charge in [0, 0.05) is 13.0 Å². The zero-order chi connectivity index (χ0) is 6.85. The summed E-state index contributed by atoms with van der Waals surface area (Å²) in [5, 5.41) is 19.8. The van der Waals surface area contributed by atoms with Gasteiger partial charge in [-0.05, 0) is 0 Å². The van der Waals surface area contributed by atoms with E-state index in [1.165, 1.54) is 0 Å². The van der Waals surface area contributed by atoms with Crippen LogP contribution >= 0.6 is 0 Å². The number of aliphatic hydroxyl groups is 1. The van der Waals surface area contributed by atoms with Crippen molar-refractivity contribution >= 4 is 5.97 Å². The Labute approximate surface area is 52.5 Å². The molecule has 0 saturated carbocycles. The van der Waals surface area contributed by atoms with Crippen molar-refractivity contribution in [2.45, 2.75) is 18.6 Å². The quantitative estimate of drug-likeness (QED) is 0.418. The molecule has 52 valence electrons. The molecule has 0 bridgehead atoms. The molecule has 0 aromatic carbocycles. The van der Waals surface area contributed by atoms with E-state index in [-0.39, 0.29) is 0 Å². The summed E-state index contributed by atoms with van der Waals surface area (Å²) < 4.78 is 0. The second kappa shape index (κ2) is 2.33. The minimum atomic E-state index is -0.883. The highest BCUT2D eigenvalue weighted by Gasteiger charge is 2.27. The van der Waals surface area contributed by atoms with Crippen LogP contribution in [0.25, 0.3) is 0 Å². The average Bonchev–Trinajstić information content (AvgIpc) is 2.14. The molecule has 4 heteroatoms. The molecule has 4 nitrogen and oxygen atoms in total. The summed E-state index contributed by atoms with van der Waals surface area (Å²) in [5.74, 6) is -0.883. The first-order valence-electron chi connectivity index (χ1n) is 2.84.